The second-order valence-corrected chi connectivity index (χ2v) is 9.16. The third-order valence-electron chi connectivity index (χ3n) is 5.92. The number of benzene rings is 2. The van der Waals surface area contributed by atoms with Crippen molar-refractivity contribution >= 4 is 29.1 Å². The highest BCUT2D eigenvalue weighted by Crippen LogP contribution is 2.44. The van der Waals surface area contributed by atoms with Crippen LogP contribution in [0.25, 0.3) is 0 Å². The fourth-order valence-electron chi connectivity index (χ4n) is 3.86. The Kier molecular flexibility index (Phi) is 7.27. The quantitative estimate of drug-likeness (QED) is 0.487. The van der Waals surface area contributed by atoms with Crippen LogP contribution in [0.15, 0.2) is 47.5 Å². The number of guanidine groups is 1. The number of hydrogen-bond donors (Lipinski definition) is 4. The van der Waals surface area contributed by atoms with Gasteiger partial charge in [0.15, 0.2) is 5.96 Å². The lowest BCUT2D eigenvalue weighted by molar-refractivity contribution is 0.0951. The van der Waals surface area contributed by atoms with Gasteiger partial charge in [-0.05, 0) is 73.4 Å². The summed E-state index contributed by atoms with van der Waals surface area (Å²) < 4.78 is 0. The highest BCUT2D eigenvalue weighted by molar-refractivity contribution is 6.03. The van der Waals surface area contributed by atoms with Crippen molar-refractivity contribution < 1.29 is 9.59 Å². The summed E-state index contributed by atoms with van der Waals surface area (Å²) in [6.45, 7) is 6.58. The summed E-state index contributed by atoms with van der Waals surface area (Å²) in [4.78, 5) is 29.7. The molecule has 2 amide bonds. The van der Waals surface area contributed by atoms with Crippen LogP contribution in [0, 0.1) is 5.92 Å². The van der Waals surface area contributed by atoms with Crippen molar-refractivity contribution in [3.63, 3.8) is 0 Å². The summed E-state index contributed by atoms with van der Waals surface area (Å²) in [7, 11) is 0. The Morgan fingerprint density at radius 2 is 1.82 bits per heavy atom. The SMILES string of the molecule is CC(C)CCNC(=O)c1ccccc1Nc1ccc(C(=O)N=C2NCCCN2)cc1C1CC1. The van der Waals surface area contributed by atoms with Crippen LogP contribution in [0.3, 0.4) is 0 Å². The molecule has 1 aliphatic heterocycles. The van der Waals surface area contributed by atoms with Crippen LogP contribution in [0.2, 0.25) is 0 Å². The molecule has 1 aliphatic carbocycles. The van der Waals surface area contributed by atoms with E-state index in [1.54, 1.807) is 6.07 Å². The van der Waals surface area contributed by atoms with Gasteiger partial charge >= 0.3 is 0 Å². The first-order chi connectivity index (χ1) is 16.0. The molecule has 1 saturated heterocycles. The fourth-order valence-corrected chi connectivity index (χ4v) is 3.86. The van der Waals surface area contributed by atoms with Crippen molar-refractivity contribution in [1.82, 2.24) is 16.0 Å². The van der Waals surface area contributed by atoms with E-state index >= 15 is 0 Å². The summed E-state index contributed by atoms with van der Waals surface area (Å²) in [6, 6.07) is 13.2. The summed E-state index contributed by atoms with van der Waals surface area (Å²) in [5.74, 6) is 1.16. The molecule has 0 unspecified atom stereocenters. The van der Waals surface area contributed by atoms with Crippen molar-refractivity contribution in [1.29, 1.82) is 0 Å². The van der Waals surface area contributed by atoms with Gasteiger partial charge in [0, 0.05) is 30.9 Å². The number of rotatable bonds is 8. The van der Waals surface area contributed by atoms with Crippen molar-refractivity contribution in [2.75, 3.05) is 25.0 Å². The molecule has 174 valence electrons. The number of nitrogens with one attached hydrogen (secondary N) is 4. The molecule has 2 aromatic rings. The summed E-state index contributed by atoms with van der Waals surface area (Å²) in [5, 5.41) is 12.7. The van der Waals surface area contributed by atoms with E-state index in [1.807, 2.05) is 36.4 Å². The monoisotopic (exact) mass is 447 g/mol. The number of amides is 2. The molecule has 0 radical (unpaired) electrons. The van der Waals surface area contributed by atoms with Crippen LogP contribution in [0.4, 0.5) is 11.4 Å². The van der Waals surface area contributed by atoms with E-state index in [0.717, 1.165) is 55.7 Å². The minimum atomic E-state index is -0.259. The molecular weight excluding hydrogens is 414 g/mol. The molecule has 4 rings (SSSR count). The van der Waals surface area contributed by atoms with Crippen LogP contribution < -0.4 is 21.3 Å². The third-order valence-corrected chi connectivity index (χ3v) is 5.92. The Hall–Kier alpha value is -3.35. The van der Waals surface area contributed by atoms with Crippen LogP contribution in [-0.4, -0.2) is 37.4 Å². The molecule has 7 heteroatoms. The first kappa shape index (κ1) is 22.8. The molecule has 0 atom stereocenters. The molecule has 2 fully saturated rings. The smallest absolute Gasteiger partial charge is 0.280 e. The van der Waals surface area contributed by atoms with Crippen molar-refractivity contribution in [3.05, 3.63) is 59.2 Å². The maximum absolute atomic E-state index is 12.8. The van der Waals surface area contributed by atoms with E-state index in [4.69, 9.17) is 0 Å². The number of carbonyl (C=O) groups excluding carboxylic acids is 2. The van der Waals surface area contributed by atoms with Gasteiger partial charge in [-0.2, -0.15) is 4.99 Å². The minimum absolute atomic E-state index is 0.0816. The largest absolute Gasteiger partial charge is 0.356 e. The zero-order chi connectivity index (χ0) is 23.2. The van der Waals surface area contributed by atoms with Crippen LogP contribution in [-0.2, 0) is 0 Å². The van der Waals surface area contributed by atoms with E-state index in [-0.39, 0.29) is 11.8 Å². The molecule has 2 aromatic carbocycles. The van der Waals surface area contributed by atoms with E-state index in [2.05, 4.69) is 40.1 Å². The van der Waals surface area contributed by atoms with Crippen LogP contribution in [0.1, 0.15) is 71.7 Å². The van der Waals surface area contributed by atoms with Crippen molar-refractivity contribution in [2.45, 2.75) is 45.4 Å². The number of anilines is 2. The lowest BCUT2D eigenvalue weighted by Crippen LogP contribution is -2.44. The topological polar surface area (TPSA) is 94.6 Å². The molecule has 4 N–H and O–H groups in total. The number of para-hydroxylation sites is 1. The standard InChI is InChI=1S/C26H33N5O2/c1-17(2)12-15-27-25(33)20-6-3-4-7-22(20)30-23-11-10-19(16-21(23)18-8-9-18)24(32)31-26-28-13-5-14-29-26/h3-4,6-7,10-11,16-18,30H,5,8-9,12-15H2,1-2H3,(H,27,33)(H2,28,29,31,32). The molecule has 0 bridgehead atoms. The maximum Gasteiger partial charge on any atom is 0.280 e. The van der Waals surface area contributed by atoms with Gasteiger partial charge in [-0.15, -0.1) is 0 Å². The molecule has 33 heavy (non-hydrogen) atoms. The predicted molar refractivity (Wildman–Crippen MR) is 132 cm³/mol. The van der Waals surface area contributed by atoms with Crippen LogP contribution in [0.5, 0.6) is 0 Å². The van der Waals surface area contributed by atoms with Gasteiger partial charge in [-0.25, -0.2) is 0 Å². The van der Waals surface area contributed by atoms with Gasteiger partial charge in [-0.1, -0.05) is 26.0 Å². The fraction of sp³-hybridized carbons (Fsp3) is 0.423. The first-order valence-electron chi connectivity index (χ1n) is 11.9. The van der Waals surface area contributed by atoms with E-state index in [9.17, 15) is 9.59 Å². The first-order valence-corrected chi connectivity index (χ1v) is 11.9. The third kappa shape index (κ3) is 6.12. The van der Waals surface area contributed by atoms with Gasteiger partial charge in [-0.3, -0.25) is 9.59 Å². The Labute approximate surface area is 195 Å². The molecule has 2 aliphatic rings. The second kappa shape index (κ2) is 10.5. The Morgan fingerprint density at radius 3 is 2.55 bits per heavy atom. The van der Waals surface area contributed by atoms with Gasteiger partial charge in [0.2, 0.25) is 0 Å². The van der Waals surface area contributed by atoms with Crippen LogP contribution >= 0.6 is 0 Å². The molecule has 0 aromatic heterocycles. The number of aliphatic imine (C=N–C) groups is 1. The normalized spacial score (nSPS) is 15.4. The average molecular weight is 448 g/mol. The van der Waals surface area contributed by atoms with Gasteiger partial charge in [0.25, 0.3) is 11.8 Å². The van der Waals surface area contributed by atoms with Gasteiger partial charge < -0.3 is 21.3 Å². The number of nitrogens with zero attached hydrogens (tertiary/aromatic N) is 1. The van der Waals surface area contributed by atoms with E-state index < -0.39 is 0 Å². The Bertz CT molecular complexity index is 1030. The maximum atomic E-state index is 12.8. The lowest BCUT2D eigenvalue weighted by Gasteiger charge is -2.17. The zero-order valence-corrected chi connectivity index (χ0v) is 19.4. The predicted octanol–water partition coefficient (Wildman–Crippen LogP) is 4.16. The minimum Gasteiger partial charge on any atom is -0.356 e. The molecule has 1 heterocycles. The van der Waals surface area contributed by atoms with Crippen molar-refractivity contribution in [3.8, 4) is 0 Å². The zero-order valence-electron chi connectivity index (χ0n) is 19.4. The van der Waals surface area contributed by atoms with Crippen molar-refractivity contribution in [2.24, 2.45) is 10.9 Å². The molecule has 0 spiro atoms. The Balaban J connectivity index is 1.53. The number of hydrogen-bond acceptors (Lipinski definition) is 3. The second-order valence-electron chi connectivity index (χ2n) is 9.16. The average Bonchev–Trinajstić information content (AvgIpc) is 3.65. The lowest BCUT2D eigenvalue weighted by atomic mass is 10.0. The summed E-state index contributed by atoms with van der Waals surface area (Å²) >= 11 is 0. The summed E-state index contributed by atoms with van der Waals surface area (Å²) in [6.07, 6.45) is 4.15. The molecular formula is C26H33N5O2. The number of carbonyl (C=O) groups is 2. The van der Waals surface area contributed by atoms with E-state index in [0.29, 0.717) is 35.5 Å². The van der Waals surface area contributed by atoms with E-state index in [1.165, 1.54) is 0 Å². The summed E-state index contributed by atoms with van der Waals surface area (Å²) in [5.41, 5.74) is 3.97. The van der Waals surface area contributed by atoms with Gasteiger partial charge in [0.1, 0.15) is 0 Å². The highest BCUT2D eigenvalue weighted by atomic mass is 16.2. The Morgan fingerprint density at radius 1 is 1.06 bits per heavy atom. The van der Waals surface area contributed by atoms with Gasteiger partial charge in [0.05, 0.1) is 11.3 Å². The molecule has 7 nitrogen and oxygen atoms in total. The highest BCUT2D eigenvalue weighted by Gasteiger charge is 2.27. The molecule has 1 saturated carbocycles.